The molecule has 0 fully saturated rings. The Kier molecular flexibility index (Phi) is 5.23. The van der Waals surface area contributed by atoms with E-state index in [1.807, 2.05) is 56.3 Å². The fourth-order valence-electron chi connectivity index (χ4n) is 2.06. The maximum absolute atomic E-state index is 12.0. The maximum atomic E-state index is 12.0. The number of rotatable bonds is 4. The number of halogens is 1. The smallest absolute Gasteiger partial charge is 0.410 e. The second kappa shape index (κ2) is 7.14. The van der Waals surface area contributed by atoms with Crippen molar-refractivity contribution in [3.63, 3.8) is 0 Å². The predicted octanol–water partition coefficient (Wildman–Crippen LogP) is 4.83. The average Bonchev–Trinajstić information content (AvgIpc) is 2.47. The number of hydrogen-bond acceptors (Lipinski definition) is 2. The van der Waals surface area contributed by atoms with Gasteiger partial charge >= 0.3 is 6.09 Å². The molecule has 2 aromatic carbocycles. The summed E-state index contributed by atoms with van der Waals surface area (Å²) in [4.78, 5) is 12.0. The molecule has 0 aliphatic carbocycles. The van der Waals surface area contributed by atoms with Gasteiger partial charge in [-0.1, -0.05) is 55.8 Å². The summed E-state index contributed by atoms with van der Waals surface area (Å²) < 4.78 is 5.26. The zero-order valence-corrected chi connectivity index (χ0v) is 12.8. The number of benzene rings is 2. The van der Waals surface area contributed by atoms with Crippen LogP contribution < -0.4 is 10.1 Å². The van der Waals surface area contributed by atoms with E-state index in [2.05, 4.69) is 5.32 Å². The molecule has 2 rings (SSSR count). The van der Waals surface area contributed by atoms with Crippen LogP contribution in [0, 0.1) is 5.92 Å². The molecule has 0 radical (unpaired) electrons. The van der Waals surface area contributed by atoms with Gasteiger partial charge in [-0.05, 0) is 35.7 Å². The van der Waals surface area contributed by atoms with Gasteiger partial charge in [0.1, 0.15) is 5.75 Å². The second-order valence-electron chi connectivity index (χ2n) is 5.12. The first-order valence-corrected chi connectivity index (χ1v) is 7.23. The summed E-state index contributed by atoms with van der Waals surface area (Å²) in [5.74, 6) is 0.753. The van der Waals surface area contributed by atoms with Crippen LogP contribution in [0.1, 0.15) is 25.5 Å². The number of ether oxygens (including phenoxy) is 1. The third-order valence-electron chi connectivity index (χ3n) is 3.12. The summed E-state index contributed by atoms with van der Waals surface area (Å²) in [6.07, 6.45) is -0.463. The van der Waals surface area contributed by atoms with Crippen molar-refractivity contribution in [3.8, 4) is 5.75 Å². The number of hydrogen-bond donors (Lipinski definition) is 1. The molecule has 0 saturated carbocycles. The van der Waals surface area contributed by atoms with E-state index in [0.29, 0.717) is 10.8 Å². The van der Waals surface area contributed by atoms with Crippen LogP contribution in [-0.4, -0.2) is 6.09 Å². The average molecular weight is 304 g/mol. The third-order valence-corrected chi connectivity index (χ3v) is 3.37. The first-order chi connectivity index (χ1) is 10.1. The molecule has 0 aromatic heterocycles. The highest BCUT2D eigenvalue weighted by atomic mass is 35.5. The molecule has 0 aliphatic rings. The van der Waals surface area contributed by atoms with Gasteiger partial charge in [0.05, 0.1) is 6.04 Å². The third kappa shape index (κ3) is 4.50. The topological polar surface area (TPSA) is 38.3 Å². The molecule has 110 valence electrons. The van der Waals surface area contributed by atoms with Gasteiger partial charge in [-0.25, -0.2) is 4.79 Å². The highest BCUT2D eigenvalue weighted by Crippen LogP contribution is 2.23. The molecule has 1 unspecified atom stereocenters. The van der Waals surface area contributed by atoms with E-state index in [1.165, 1.54) is 0 Å². The molecule has 2 aromatic rings. The fourth-order valence-corrected chi connectivity index (χ4v) is 2.18. The maximum Gasteiger partial charge on any atom is 0.413 e. The minimum Gasteiger partial charge on any atom is -0.410 e. The molecule has 0 heterocycles. The lowest BCUT2D eigenvalue weighted by Crippen LogP contribution is -2.33. The number of nitrogens with one attached hydrogen (secondary N) is 1. The molecule has 21 heavy (non-hydrogen) atoms. The van der Waals surface area contributed by atoms with Gasteiger partial charge in [-0.15, -0.1) is 0 Å². The van der Waals surface area contributed by atoms with E-state index in [1.54, 1.807) is 12.1 Å². The molecule has 1 atom stereocenters. The molecular formula is C17H18ClNO2. The van der Waals surface area contributed by atoms with Gasteiger partial charge in [0.25, 0.3) is 0 Å². The molecule has 0 spiro atoms. The Bertz CT molecular complexity index is 581. The number of carbonyl (C=O) groups excluding carboxylic acids is 1. The predicted molar refractivity (Wildman–Crippen MR) is 84.6 cm³/mol. The lowest BCUT2D eigenvalue weighted by atomic mass is 9.96. The molecule has 1 N–H and O–H groups in total. The number of amides is 1. The highest BCUT2D eigenvalue weighted by molar-refractivity contribution is 6.30. The van der Waals surface area contributed by atoms with Crippen LogP contribution in [0.25, 0.3) is 0 Å². The number of para-hydroxylation sites is 1. The Morgan fingerprint density at radius 3 is 2.24 bits per heavy atom. The molecule has 0 aliphatic heterocycles. The lowest BCUT2D eigenvalue weighted by Gasteiger charge is -2.22. The van der Waals surface area contributed by atoms with Crippen LogP contribution in [0.3, 0.4) is 0 Å². The standard InChI is InChI=1S/C17H18ClNO2/c1-12(2)16(13-8-10-14(18)11-9-13)19-17(20)21-15-6-4-3-5-7-15/h3-12,16H,1-2H3,(H,19,20). The van der Waals surface area contributed by atoms with E-state index < -0.39 is 6.09 Å². The SMILES string of the molecule is CC(C)C(NC(=O)Oc1ccccc1)c1ccc(Cl)cc1. The number of carbonyl (C=O) groups is 1. The second-order valence-corrected chi connectivity index (χ2v) is 5.56. The van der Waals surface area contributed by atoms with E-state index >= 15 is 0 Å². The van der Waals surface area contributed by atoms with E-state index in [4.69, 9.17) is 16.3 Å². The largest absolute Gasteiger partial charge is 0.413 e. The summed E-state index contributed by atoms with van der Waals surface area (Å²) in [7, 11) is 0. The van der Waals surface area contributed by atoms with Crippen molar-refractivity contribution in [3.05, 3.63) is 65.2 Å². The van der Waals surface area contributed by atoms with Crippen LogP contribution in [0.15, 0.2) is 54.6 Å². The minimum atomic E-state index is -0.463. The van der Waals surface area contributed by atoms with Crippen molar-refractivity contribution >= 4 is 17.7 Å². The summed E-state index contributed by atoms with van der Waals surface area (Å²) in [6.45, 7) is 4.09. The van der Waals surface area contributed by atoms with E-state index in [0.717, 1.165) is 5.56 Å². The quantitative estimate of drug-likeness (QED) is 0.879. The van der Waals surface area contributed by atoms with Crippen molar-refractivity contribution in [2.45, 2.75) is 19.9 Å². The minimum absolute atomic E-state index is 0.126. The van der Waals surface area contributed by atoms with Gasteiger partial charge in [0.15, 0.2) is 0 Å². The molecule has 1 amide bonds. The van der Waals surface area contributed by atoms with Gasteiger partial charge < -0.3 is 10.1 Å². The van der Waals surface area contributed by atoms with Gasteiger partial charge in [0.2, 0.25) is 0 Å². The zero-order valence-electron chi connectivity index (χ0n) is 12.0. The highest BCUT2D eigenvalue weighted by Gasteiger charge is 2.19. The summed E-state index contributed by atoms with van der Waals surface area (Å²) in [6, 6.07) is 16.3. The van der Waals surface area contributed by atoms with Gasteiger partial charge in [-0.3, -0.25) is 0 Å². The van der Waals surface area contributed by atoms with E-state index in [9.17, 15) is 4.79 Å². The first-order valence-electron chi connectivity index (χ1n) is 6.85. The van der Waals surface area contributed by atoms with Crippen molar-refractivity contribution in [2.75, 3.05) is 0 Å². The van der Waals surface area contributed by atoms with Crippen LogP contribution in [0.5, 0.6) is 5.75 Å². The Balaban J connectivity index is 2.06. The fraction of sp³-hybridized carbons (Fsp3) is 0.235. The van der Waals surface area contributed by atoms with Crippen molar-refractivity contribution < 1.29 is 9.53 Å². The first kappa shape index (κ1) is 15.4. The van der Waals surface area contributed by atoms with Crippen molar-refractivity contribution in [1.29, 1.82) is 0 Å². The van der Waals surface area contributed by atoms with Gasteiger partial charge in [0, 0.05) is 5.02 Å². The Hall–Kier alpha value is -2.00. The molecule has 4 heteroatoms. The van der Waals surface area contributed by atoms with Crippen molar-refractivity contribution in [1.82, 2.24) is 5.32 Å². The lowest BCUT2D eigenvalue weighted by molar-refractivity contribution is 0.192. The monoisotopic (exact) mass is 303 g/mol. The van der Waals surface area contributed by atoms with Crippen LogP contribution in [0.2, 0.25) is 5.02 Å². The summed E-state index contributed by atoms with van der Waals surface area (Å²) in [5.41, 5.74) is 0.999. The normalized spacial score (nSPS) is 12.0. The molecule has 0 bridgehead atoms. The zero-order chi connectivity index (χ0) is 15.2. The molecule has 3 nitrogen and oxygen atoms in total. The Morgan fingerprint density at radius 1 is 1.05 bits per heavy atom. The van der Waals surface area contributed by atoms with Gasteiger partial charge in [-0.2, -0.15) is 0 Å². The molecule has 0 saturated heterocycles. The van der Waals surface area contributed by atoms with Crippen molar-refractivity contribution in [2.24, 2.45) is 5.92 Å². The molecular weight excluding hydrogens is 286 g/mol. The summed E-state index contributed by atoms with van der Waals surface area (Å²) >= 11 is 5.90. The van der Waals surface area contributed by atoms with Crippen LogP contribution >= 0.6 is 11.6 Å². The Morgan fingerprint density at radius 2 is 1.67 bits per heavy atom. The van der Waals surface area contributed by atoms with E-state index in [-0.39, 0.29) is 12.0 Å². The summed E-state index contributed by atoms with van der Waals surface area (Å²) in [5, 5.41) is 3.57. The van der Waals surface area contributed by atoms with Crippen LogP contribution in [-0.2, 0) is 0 Å². The Labute approximate surface area is 129 Å². The van der Waals surface area contributed by atoms with Crippen LogP contribution in [0.4, 0.5) is 4.79 Å².